The molecule has 2 aliphatic heterocycles. The van der Waals surface area contributed by atoms with Crippen LogP contribution in [0.15, 0.2) is 36.8 Å². The van der Waals surface area contributed by atoms with Gasteiger partial charge in [0.2, 0.25) is 5.95 Å². The van der Waals surface area contributed by atoms with E-state index < -0.39 is 0 Å². The third-order valence-corrected chi connectivity index (χ3v) is 5.61. The average Bonchev–Trinajstić information content (AvgIpc) is 3.38. The van der Waals surface area contributed by atoms with Crippen LogP contribution in [-0.4, -0.2) is 56.7 Å². The van der Waals surface area contributed by atoms with Crippen LogP contribution < -0.4 is 10.2 Å². The molecule has 2 aliphatic rings. The van der Waals surface area contributed by atoms with Gasteiger partial charge in [-0.05, 0) is 49.0 Å². The number of anilines is 1. The lowest BCUT2D eigenvalue weighted by Gasteiger charge is -2.23. The van der Waals surface area contributed by atoms with Crippen LogP contribution in [0.5, 0.6) is 5.75 Å². The lowest BCUT2D eigenvalue weighted by molar-refractivity contribution is 0.318. The van der Waals surface area contributed by atoms with Gasteiger partial charge in [0.1, 0.15) is 11.4 Å². The molecule has 8 heteroatoms. The molecule has 0 spiro atoms. The second-order valence-electron chi connectivity index (χ2n) is 7.28. The molecule has 138 valence electrons. The molecular formula is C19H21N7O. The van der Waals surface area contributed by atoms with E-state index in [1.165, 1.54) is 6.42 Å². The molecule has 0 unspecified atom stereocenters. The van der Waals surface area contributed by atoms with E-state index in [0.29, 0.717) is 29.0 Å². The molecule has 2 atom stereocenters. The molecule has 2 aromatic heterocycles. The number of aromatic hydroxyl groups is 1. The number of H-pyrrole nitrogens is 1. The van der Waals surface area contributed by atoms with Crippen molar-refractivity contribution in [3.05, 3.63) is 36.8 Å². The van der Waals surface area contributed by atoms with Gasteiger partial charge in [-0.3, -0.25) is 5.10 Å². The van der Waals surface area contributed by atoms with Crippen molar-refractivity contribution in [3.63, 3.8) is 0 Å². The molecule has 0 bridgehead atoms. The SMILES string of the molecule is Oc1cc(-c2cn[nH]c2)ccc1-c1cnc(N2C[C@H]3CNCC[C@H]3C2)nn1. The molecule has 5 rings (SSSR count). The van der Waals surface area contributed by atoms with Crippen LogP contribution in [0.4, 0.5) is 5.95 Å². The number of hydrogen-bond donors (Lipinski definition) is 3. The Morgan fingerprint density at radius 2 is 2.00 bits per heavy atom. The first kappa shape index (κ1) is 16.2. The highest BCUT2D eigenvalue weighted by Crippen LogP contribution is 2.33. The minimum Gasteiger partial charge on any atom is -0.507 e. The molecule has 8 nitrogen and oxygen atoms in total. The van der Waals surface area contributed by atoms with E-state index in [4.69, 9.17) is 0 Å². The monoisotopic (exact) mass is 363 g/mol. The van der Waals surface area contributed by atoms with Gasteiger partial charge in [-0.2, -0.15) is 5.10 Å². The number of nitrogens with zero attached hydrogens (tertiary/aromatic N) is 5. The van der Waals surface area contributed by atoms with E-state index in [1.807, 2.05) is 12.1 Å². The van der Waals surface area contributed by atoms with Crippen molar-refractivity contribution in [2.45, 2.75) is 6.42 Å². The molecule has 3 N–H and O–H groups in total. The highest BCUT2D eigenvalue weighted by molar-refractivity contribution is 5.73. The zero-order valence-corrected chi connectivity index (χ0v) is 14.8. The molecule has 0 radical (unpaired) electrons. The van der Waals surface area contributed by atoms with Crippen molar-refractivity contribution in [2.75, 3.05) is 31.1 Å². The molecule has 0 saturated carbocycles. The van der Waals surface area contributed by atoms with E-state index in [2.05, 4.69) is 35.6 Å². The zero-order chi connectivity index (χ0) is 18.2. The lowest BCUT2D eigenvalue weighted by Crippen LogP contribution is -2.35. The number of benzene rings is 1. The lowest BCUT2D eigenvalue weighted by atomic mass is 9.90. The number of hydrogen-bond acceptors (Lipinski definition) is 7. The number of aromatic nitrogens is 5. The van der Waals surface area contributed by atoms with E-state index in [9.17, 15) is 5.11 Å². The molecule has 1 aromatic carbocycles. The van der Waals surface area contributed by atoms with Crippen LogP contribution in [0.2, 0.25) is 0 Å². The summed E-state index contributed by atoms with van der Waals surface area (Å²) >= 11 is 0. The molecule has 0 amide bonds. The maximum absolute atomic E-state index is 10.4. The summed E-state index contributed by atoms with van der Waals surface area (Å²) in [7, 11) is 0. The highest BCUT2D eigenvalue weighted by Gasteiger charge is 2.35. The quantitative estimate of drug-likeness (QED) is 0.650. The van der Waals surface area contributed by atoms with Crippen molar-refractivity contribution in [3.8, 4) is 28.1 Å². The summed E-state index contributed by atoms with van der Waals surface area (Å²) in [6.45, 7) is 4.14. The Morgan fingerprint density at radius 3 is 2.74 bits per heavy atom. The molecule has 2 saturated heterocycles. The van der Waals surface area contributed by atoms with Gasteiger partial charge in [0, 0.05) is 30.4 Å². The van der Waals surface area contributed by atoms with Gasteiger partial charge in [0.05, 0.1) is 12.4 Å². The largest absolute Gasteiger partial charge is 0.507 e. The van der Waals surface area contributed by atoms with Gasteiger partial charge in [-0.25, -0.2) is 4.98 Å². The minimum atomic E-state index is 0.149. The Kier molecular flexibility index (Phi) is 3.97. The van der Waals surface area contributed by atoms with Crippen LogP contribution in [0.25, 0.3) is 22.4 Å². The van der Waals surface area contributed by atoms with Crippen molar-refractivity contribution < 1.29 is 5.11 Å². The van der Waals surface area contributed by atoms with Crippen molar-refractivity contribution >= 4 is 5.95 Å². The topological polar surface area (TPSA) is 103 Å². The number of phenolic OH excluding ortho intramolecular Hbond substituents is 1. The smallest absolute Gasteiger partial charge is 0.245 e. The number of rotatable bonds is 3. The van der Waals surface area contributed by atoms with Gasteiger partial charge in [-0.1, -0.05) is 6.07 Å². The van der Waals surface area contributed by atoms with Gasteiger partial charge in [0.15, 0.2) is 0 Å². The number of fused-ring (bicyclic) bond motifs is 1. The van der Waals surface area contributed by atoms with E-state index in [1.54, 1.807) is 24.7 Å². The predicted octanol–water partition coefficient (Wildman–Crippen LogP) is 1.68. The molecular weight excluding hydrogens is 342 g/mol. The average molecular weight is 363 g/mol. The molecule has 4 heterocycles. The van der Waals surface area contributed by atoms with Crippen LogP contribution in [0.3, 0.4) is 0 Å². The van der Waals surface area contributed by atoms with E-state index in [0.717, 1.165) is 37.3 Å². The van der Waals surface area contributed by atoms with Crippen LogP contribution in [0, 0.1) is 11.8 Å². The summed E-state index contributed by atoms with van der Waals surface area (Å²) in [5.41, 5.74) is 2.98. The standard InChI is InChI=1S/C19H21N7O/c27-18-5-12(14-7-22-23-8-14)1-2-16(18)17-9-21-19(25-24-17)26-10-13-3-4-20-6-15(13)11-26/h1-2,5,7-9,13,15,20,27H,3-4,6,10-11H2,(H,22,23)/t13-,15+/m0/s1. The molecule has 0 aliphatic carbocycles. The number of nitrogens with one attached hydrogen (secondary N) is 2. The van der Waals surface area contributed by atoms with Crippen LogP contribution in [0.1, 0.15) is 6.42 Å². The van der Waals surface area contributed by atoms with E-state index >= 15 is 0 Å². The fraction of sp³-hybridized carbons (Fsp3) is 0.368. The van der Waals surface area contributed by atoms with Crippen LogP contribution >= 0.6 is 0 Å². The Morgan fingerprint density at radius 1 is 1.07 bits per heavy atom. The van der Waals surface area contributed by atoms with Crippen LogP contribution in [-0.2, 0) is 0 Å². The Balaban J connectivity index is 1.36. The second-order valence-corrected chi connectivity index (χ2v) is 7.28. The number of piperidine rings is 1. The maximum atomic E-state index is 10.4. The fourth-order valence-electron chi connectivity index (χ4n) is 4.11. The molecule has 27 heavy (non-hydrogen) atoms. The Hall–Kier alpha value is -3.00. The Bertz CT molecular complexity index is 912. The summed E-state index contributed by atoms with van der Waals surface area (Å²) in [6, 6.07) is 5.46. The number of phenols is 1. The maximum Gasteiger partial charge on any atom is 0.245 e. The Labute approximate surface area is 156 Å². The third-order valence-electron chi connectivity index (χ3n) is 5.61. The van der Waals surface area contributed by atoms with Crippen molar-refractivity contribution in [1.82, 2.24) is 30.7 Å². The first-order valence-corrected chi connectivity index (χ1v) is 9.26. The van der Waals surface area contributed by atoms with Gasteiger partial charge >= 0.3 is 0 Å². The first-order chi connectivity index (χ1) is 13.3. The molecule has 2 fully saturated rings. The number of aromatic amines is 1. The van der Waals surface area contributed by atoms with Crippen molar-refractivity contribution in [1.29, 1.82) is 0 Å². The second kappa shape index (κ2) is 6.62. The third kappa shape index (κ3) is 3.02. The predicted molar refractivity (Wildman–Crippen MR) is 101 cm³/mol. The summed E-state index contributed by atoms with van der Waals surface area (Å²) in [5, 5.41) is 29.2. The summed E-state index contributed by atoms with van der Waals surface area (Å²) in [5.74, 6) is 2.20. The summed E-state index contributed by atoms with van der Waals surface area (Å²) in [4.78, 5) is 6.74. The zero-order valence-electron chi connectivity index (χ0n) is 14.8. The van der Waals surface area contributed by atoms with Gasteiger partial charge < -0.3 is 15.3 Å². The first-order valence-electron chi connectivity index (χ1n) is 9.26. The van der Waals surface area contributed by atoms with Gasteiger partial charge in [-0.15, -0.1) is 10.2 Å². The fourth-order valence-corrected chi connectivity index (χ4v) is 4.11. The summed E-state index contributed by atoms with van der Waals surface area (Å²) < 4.78 is 0. The highest BCUT2D eigenvalue weighted by atomic mass is 16.3. The normalized spacial score (nSPS) is 22.0. The van der Waals surface area contributed by atoms with Gasteiger partial charge in [0.25, 0.3) is 0 Å². The molecule has 3 aromatic rings. The minimum absolute atomic E-state index is 0.149. The van der Waals surface area contributed by atoms with Crippen molar-refractivity contribution in [2.24, 2.45) is 11.8 Å². The summed E-state index contributed by atoms with van der Waals surface area (Å²) in [6.07, 6.45) is 6.40. The van der Waals surface area contributed by atoms with E-state index in [-0.39, 0.29) is 5.75 Å².